The Morgan fingerprint density at radius 1 is 1.33 bits per heavy atom. The summed E-state index contributed by atoms with van der Waals surface area (Å²) in [4.78, 5) is 11.7. The molecule has 0 aliphatic carbocycles. The molecule has 0 spiro atoms. The van der Waals surface area contributed by atoms with Crippen LogP contribution < -0.4 is 4.74 Å². The van der Waals surface area contributed by atoms with Crippen LogP contribution in [0.4, 0.5) is 0 Å². The SMILES string of the molecule is CCCCOC(=O)C(C#N)=Cc1ccc(OC(C)C)cc1. The molecule has 0 radical (unpaired) electrons. The van der Waals surface area contributed by atoms with E-state index in [4.69, 9.17) is 14.7 Å². The maximum Gasteiger partial charge on any atom is 0.348 e. The van der Waals surface area contributed by atoms with Crippen molar-refractivity contribution in [3.8, 4) is 11.8 Å². The van der Waals surface area contributed by atoms with Gasteiger partial charge in [-0.05, 0) is 44.0 Å². The highest BCUT2D eigenvalue weighted by Gasteiger charge is 2.10. The minimum atomic E-state index is -0.576. The molecular weight excluding hydrogens is 266 g/mol. The molecule has 4 nitrogen and oxygen atoms in total. The van der Waals surface area contributed by atoms with Crippen LogP contribution in [0.5, 0.6) is 5.75 Å². The molecule has 0 N–H and O–H groups in total. The largest absolute Gasteiger partial charge is 0.491 e. The van der Waals surface area contributed by atoms with Crippen molar-refractivity contribution >= 4 is 12.0 Å². The van der Waals surface area contributed by atoms with E-state index in [0.717, 1.165) is 24.2 Å². The lowest BCUT2D eigenvalue weighted by Gasteiger charge is -2.09. The molecule has 0 fully saturated rings. The molecule has 0 unspecified atom stereocenters. The molecule has 21 heavy (non-hydrogen) atoms. The quantitative estimate of drug-likeness (QED) is 0.332. The number of benzene rings is 1. The average Bonchev–Trinajstić information content (AvgIpc) is 2.46. The number of hydrogen-bond donors (Lipinski definition) is 0. The zero-order chi connectivity index (χ0) is 15.7. The zero-order valence-electron chi connectivity index (χ0n) is 12.8. The molecule has 0 bridgehead atoms. The highest BCUT2D eigenvalue weighted by atomic mass is 16.5. The van der Waals surface area contributed by atoms with E-state index in [0.29, 0.717) is 6.61 Å². The van der Waals surface area contributed by atoms with Crippen molar-refractivity contribution in [2.24, 2.45) is 0 Å². The zero-order valence-corrected chi connectivity index (χ0v) is 12.8. The van der Waals surface area contributed by atoms with Gasteiger partial charge in [0.2, 0.25) is 0 Å². The summed E-state index contributed by atoms with van der Waals surface area (Å²) in [6.45, 7) is 6.26. The predicted octanol–water partition coefficient (Wildman–Crippen LogP) is 3.72. The number of carbonyl (C=O) groups excluding carboxylic acids is 1. The first-order chi connectivity index (χ1) is 10.1. The summed E-state index contributed by atoms with van der Waals surface area (Å²) in [7, 11) is 0. The van der Waals surface area contributed by atoms with E-state index < -0.39 is 5.97 Å². The van der Waals surface area contributed by atoms with Crippen LogP contribution in [-0.2, 0) is 9.53 Å². The van der Waals surface area contributed by atoms with E-state index in [2.05, 4.69) is 0 Å². The summed E-state index contributed by atoms with van der Waals surface area (Å²) >= 11 is 0. The summed E-state index contributed by atoms with van der Waals surface area (Å²) in [5.41, 5.74) is 0.763. The van der Waals surface area contributed by atoms with Gasteiger partial charge in [0.1, 0.15) is 17.4 Å². The molecule has 1 rings (SSSR count). The van der Waals surface area contributed by atoms with Crippen molar-refractivity contribution < 1.29 is 14.3 Å². The third-order valence-corrected chi connectivity index (χ3v) is 2.63. The van der Waals surface area contributed by atoms with Gasteiger partial charge in [-0.25, -0.2) is 4.79 Å². The third kappa shape index (κ3) is 6.13. The van der Waals surface area contributed by atoms with Gasteiger partial charge in [0, 0.05) is 0 Å². The lowest BCUT2D eigenvalue weighted by atomic mass is 10.1. The number of hydrogen-bond acceptors (Lipinski definition) is 4. The molecule has 4 heteroatoms. The van der Waals surface area contributed by atoms with Gasteiger partial charge < -0.3 is 9.47 Å². The van der Waals surface area contributed by atoms with Crippen molar-refractivity contribution in [2.45, 2.75) is 39.7 Å². The number of unbranched alkanes of at least 4 members (excludes halogenated alkanes) is 1. The summed E-state index contributed by atoms with van der Waals surface area (Å²) in [6.07, 6.45) is 3.37. The highest BCUT2D eigenvalue weighted by molar-refractivity contribution is 5.97. The lowest BCUT2D eigenvalue weighted by molar-refractivity contribution is -0.138. The number of rotatable bonds is 7. The van der Waals surface area contributed by atoms with Crippen LogP contribution in [0.3, 0.4) is 0 Å². The Morgan fingerprint density at radius 2 is 2.00 bits per heavy atom. The summed E-state index contributed by atoms with van der Waals surface area (Å²) < 4.78 is 10.6. The molecule has 0 atom stereocenters. The first kappa shape index (κ1) is 16.8. The van der Waals surface area contributed by atoms with E-state index in [-0.39, 0.29) is 11.7 Å². The van der Waals surface area contributed by atoms with Crippen LogP contribution in [0, 0.1) is 11.3 Å². The minimum absolute atomic E-state index is 0.00336. The van der Waals surface area contributed by atoms with Crippen LogP contribution in [-0.4, -0.2) is 18.7 Å². The van der Waals surface area contributed by atoms with Crippen molar-refractivity contribution in [3.05, 3.63) is 35.4 Å². The van der Waals surface area contributed by atoms with Gasteiger partial charge >= 0.3 is 5.97 Å². The van der Waals surface area contributed by atoms with Crippen molar-refractivity contribution in [3.63, 3.8) is 0 Å². The van der Waals surface area contributed by atoms with Gasteiger partial charge in [-0.1, -0.05) is 25.5 Å². The van der Waals surface area contributed by atoms with E-state index in [1.54, 1.807) is 12.1 Å². The minimum Gasteiger partial charge on any atom is -0.491 e. The Balaban J connectivity index is 2.74. The van der Waals surface area contributed by atoms with Crippen LogP contribution >= 0.6 is 0 Å². The monoisotopic (exact) mass is 287 g/mol. The van der Waals surface area contributed by atoms with E-state index >= 15 is 0 Å². The van der Waals surface area contributed by atoms with Crippen molar-refractivity contribution in [2.75, 3.05) is 6.61 Å². The second-order valence-corrected chi connectivity index (χ2v) is 4.89. The average molecular weight is 287 g/mol. The summed E-state index contributed by atoms with van der Waals surface area (Å²) in [6, 6.07) is 9.10. The molecule has 1 aromatic rings. The number of carbonyl (C=O) groups is 1. The smallest absolute Gasteiger partial charge is 0.348 e. The molecule has 112 valence electrons. The molecule has 0 aromatic heterocycles. The van der Waals surface area contributed by atoms with Crippen LogP contribution in [0.1, 0.15) is 39.2 Å². The summed E-state index contributed by atoms with van der Waals surface area (Å²) in [5.74, 6) is 0.180. The van der Waals surface area contributed by atoms with Gasteiger partial charge in [0.15, 0.2) is 0 Å². The Bertz CT molecular complexity index is 524. The normalized spacial score (nSPS) is 11.1. The molecule has 0 saturated carbocycles. The first-order valence-corrected chi connectivity index (χ1v) is 7.12. The van der Waals surface area contributed by atoms with E-state index in [9.17, 15) is 4.79 Å². The Hall–Kier alpha value is -2.28. The lowest BCUT2D eigenvalue weighted by Crippen LogP contribution is -2.07. The molecule has 0 heterocycles. The molecular formula is C17H21NO3. The number of nitrogens with zero attached hydrogens (tertiary/aromatic N) is 1. The van der Waals surface area contributed by atoms with Gasteiger partial charge in [0.05, 0.1) is 12.7 Å². The van der Waals surface area contributed by atoms with Gasteiger partial charge in [0.25, 0.3) is 0 Å². The molecule has 0 aliphatic heterocycles. The van der Waals surface area contributed by atoms with Crippen LogP contribution in [0.2, 0.25) is 0 Å². The van der Waals surface area contributed by atoms with Crippen LogP contribution in [0.25, 0.3) is 6.08 Å². The van der Waals surface area contributed by atoms with E-state index in [1.807, 2.05) is 39.0 Å². The maximum atomic E-state index is 11.7. The molecule has 1 aromatic carbocycles. The Kier molecular flexibility index (Phi) is 7.03. The van der Waals surface area contributed by atoms with Gasteiger partial charge in [-0.3, -0.25) is 0 Å². The number of ether oxygens (including phenoxy) is 2. The fourth-order valence-electron chi connectivity index (χ4n) is 1.61. The van der Waals surface area contributed by atoms with Crippen LogP contribution in [0.15, 0.2) is 29.8 Å². The highest BCUT2D eigenvalue weighted by Crippen LogP contribution is 2.16. The van der Waals surface area contributed by atoms with Crippen molar-refractivity contribution in [1.29, 1.82) is 5.26 Å². The fraction of sp³-hybridized carbons (Fsp3) is 0.412. The predicted molar refractivity (Wildman–Crippen MR) is 81.7 cm³/mol. The Morgan fingerprint density at radius 3 is 2.52 bits per heavy atom. The number of esters is 1. The topological polar surface area (TPSA) is 59.3 Å². The maximum absolute atomic E-state index is 11.7. The van der Waals surface area contributed by atoms with Gasteiger partial charge in [-0.15, -0.1) is 0 Å². The second kappa shape index (κ2) is 8.80. The van der Waals surface area contributed by atoms with E-state index in [1.165, 1.54) is 6.08 Å². The number of nitriles is 1. The molecule has 0 aliphatic rings. The second-order valence-electron chi connectivity index (χ2n) is 4.89. The van der Waals surface area contributed by atoms with Crippen molar-refractivity contribution in [1.82, 2.24) is 0 Å². The van der Waals surface area contributed by atoms with Gasteiger partial charge in [-0.2, -0.15) is 5.26 Å². The molecule has 0 saturated heterocycles. The summed E-state index contributed by atoms with van der Waals surface area (Å²) in [5, 5.41) is 9.04. The molecule has 0 amide bonds. The standard InChI is InChI=1S/C17H21NO3/c1-4-5-10-20-17(19)15(12-18)11-14-6-8-16(9-7-14)21-13(2)3/h6-9,11,13H,4-5,10H2,1-3H3. The third-order valence-electron chi connectivity index (χ3n) is 2.63. The fourth-order valence-corrected chi connectivity index (χ4v) is 1.61. The first-order valence-electron chi connectivity index (χ1n) is 7.12. The Labute approximate surface area is 126 Å².